The summed E-state index contributed by atoms with van der Waals surface area (Å²) in [7, 11) is 0. The summed E-state index contributed by atoms with van der Waals surface area (Å²) >= 11 is 0. The Hall–Kier alpha value is -1.07. The summed E-state index contributed by atoms with van der Waals surface area (Å²) < 4.78 is 40.3. The predicted molar refractivity (Wildman–Crippen MR) is 76.3 cm³/mol. The summed E-state index contributed by atoms with van der Waals surface area (Å²) in [5, 5.41) is 3.29. The molecule has 2 rings (SSSR count). The van der Waals surface area contributed by atoms with E-state index in [9.17, 15) is 13.2 Å². The molecule has 0 atom stereocenters. The van der Waals surface area contributed by atoms with Crippen LogP contribution in [0.1, 0.15) is 37.2 Å². The first-order valence-corrected chi connectivity index (χ1v) is 7.47. The first-order chi connectivity index (χ1) is 10.0. The molecule has 0 heterocycles. The van der Waals surface area contributed by atoms with E-state index in [0.29, 0.717) is 18.5 Å². The highest BCUT2D eigenvalue weighted by Crippen LogP contribution is 2.32. The van der Waals surface area contributed by atoms with Crippen molar-refractivity contribution in [3.63, 3.8) is 0 Å². The molecule has 0 amide bonds. The highest BCUT2D eigenvalue weighted by molar-refractivity contribution is 5.20. The summed E-state index contributed by atoms with van der Waals surface area (Å²) in [6, 6.07) is 10.9. The zero-order chi connectivity index (χ0) is 15.1. The molecule has 118 valence electrons. The van der Waals surface area contributed by atoms with Crippen LogP contribution in [0.15, 0.2) is 30.3 Å². The van der Waals surface area contributed by atoms with Crippen LogP contribution in [0, 0.1) is 0 Å². The third kappa shape index (κ3) is 6.06. The van der Waals surface area contributed by atoms with Crippen molar-refractivity contribution in [2.45, 2.75) is 43.8 Å². The molecule has 0 aromatic heterocycles. The highest BCUT2D eigenvalue weighted by Gasteiger charge is 2.27. The lowest BCUT2D eigenvalue weighted by atomic mass is 9.82. The van der Waals surface area contributed by atoms with E-state index in [1.54, 1.807) is 0 Å². The van der Waals surface area contributed by atoms with E-state index >= 15 is 0 Å². The maximum Gasteiger partial charge on any atom is 0.411 e. The molecule has 0 radical (unpaired) electrons. The SMILES string of the molecule is FC(F)(F)COCCNC1CCC(c2ccccc2)CC1. The Bertz CT molecular complexity index is 400. The summed E-state index contributed by atoms with van der Waals surface area (Å²) in [5.74, 6) is 0.616. The van der Waals surface area contributed by atoms with Crippen LogP contribution in [0.4, 0.5) is 13.2 Å². The molecule has 1 N–H and O–H groups in total. The van der Waals surface area contributed by atoms with Crippen LogP contribution < -0.4 is 5.32 Å². The summed E-state index contributed by atoms with van der Waals surface area (Å²) in [6.45, 7) is -0.565. The second-order valence-corrected chi connectivity index (χ2v) is 5.58. The lowest BCUT2D eigenvalue weighted by Crippen LogP contribution is -2.35. The number of alkyl halides is 3. The fraction of sp³-hybridized carbons (Fsp3) is 0.625. The molecule has 21 heavy (non-hydrogen) atoms. The van der Waals surface area contributed by atoms with Crippen LogP contribution >= 0.6 is 0 Å². The zero-order valence-corrected chi connectivity index (χ0v) is 12.0. The fourth-order valence-corrected chi connectivity index (χ4v) is 2.88. The van der Waals surface area contributed by atoms with Crippen molar-refractivity contribution >= 4 is 0 Å². The molecule has 1 aliphatic carbocycles. The fourth-order valence-electron chi connectivity index (χ4n) is 2.88. The highest BCUT2D eigenvalue weighted by atomic mass is 19.4. The molecular formula is C16H22F3NO. The number of nitrogens with one attached hydrogen (secondary N) is 1. The number of rotatable bonds is 6. The Morgan fingerprint density at radius 1 is 1.05 bits per heavy atom. The topological polar surface area (TPSA) is 21.3 Å². The van der Waals surface area contributed by atoms with Crippen molar-refractivity contribution in [2.24, 2.45) is 0 Å². The van der Waals surface area contributed by atoms with Gasteiger partial charge in [0.2, 0.25) is 0 Å². The third-order valence-corrected chi connectivity index (χ3v) is 3.94. The van der Waals surface area contributed by atoms with Gasteiger partial charge in [-0.1, -0.05) is 30.3 Å². The van der Waals surface area contributed by atoms with Crippen molar-refractivity contribution in [3.05, 3.63) is 35.9 Å². The molecule has 1 aromatic rings. The van der Waals surface area contributed by atoms with Crippen molar-refractivity contribution in [1.82, 2.24) is 5.32 Å². The van der Waals surface area contributed by atoms with Gasteiger partial charge >= 0.3 is 6.18 Å². The molecule has 1 aliphatic rings. The van der Waals surface area contributed by atoms with Gasteiger partial charge in [0.15, 0.2) is 0 Å². The lowest BCUT2D eigenvalue weighted by molar-refractivity contribution is -0.173. The molecule has 0 unspecified atom stereocenters. The Morgan fingerprint density at radius 2 is 1.71 bits per heavy atom. The van der Waals surface area contributed by atoms with Crippen molar-refractivity contribution in [1.29, 1.82) is 0 Å². The van der Waals surface area contributed by atoms with E-state index in [1.165, 1.54) is 5.56 Å². The molecule has 1 saturated carbocycles. The molecular weight excluding hydrogens is 279 g/mol. The predicted octanol–water partition coefficient (Wildman–Crippen LogP) is 3.88. The second-order valence-electron chi connectivity index (χ2n) is 5.58. The van der Waals surface area contributed by atoms with Gasteiger partial charge in [-0.3, -0.25) is 0 Å². The first-order valence-electron chi connectivity index (χ1n) is 7.47. The van der Waals surface area contributed by atoms with Crippen LogP contribution in [-0.4, -0.2) is 32.0 Å². The van der Waals surface area contributed by atoms with E-state index < -0.39 is 12.8 Å². The van der Waals surface area contributed by atoms with Crippen LogP contribution in [0.3, 0.4) is 0 Å². The number of hydrogen-bond acceptors (Lipinski definition) is 2. The van der Waals surface area contributed by atoms with Gasteiger partial charge in [-0.15, -0.1) is 0 Å². The standard InChI is InChI=1S/C16H22F3NO/c17-16(18,19)12-21-11-10-20-15-8-6-14(7-9-15)13-4-2-1-3-5-13/h1-5,14-15,20H,6-12H2. The Morgan fingerprint density at radius 3 is 2.33 bits per heavy atom. The zero-order valence-electron chi connectivity index (χ0n) is 12.0. The van der Waals surface area contributed by atoms with Gasteiger partial charge in [-0.25, -0.2) is 0 Å². The average Bonchev–Trinajstić information content (AvgIpc) is 2.47. The molecule has 0 spiro atoms. The van der Waals surface area contributed by atoms with Gasteiger partial charge in [0.1, 0.15) is 6.61 Å². The van der Waals surface area contributed by atoms with Crippen LogP contribution in [0.5, 0.6) is 0 Å². The van der Waals surface area contributed by atoms with E-state index in [0.717, 1.165) is 25.7 Å². The van der Waals surface area contributed by atoms with E-state index in [2.05, 4.69) is 34.3 Å². The van der Waals surface area contributed by atoms with Crippen LogP contribution in [0.2, 0.25) is 0 Å². The minimum absolute atomic E-state index is 0.109. The Balaban J connectivity index is 1.59. The summed E-state index contributed by atoms with van der Waals surface area (Å²) in [4.78, 5) is 0. The van der Waals surface area contributed by atoms with Crippen LogP contribution in [0.25, 0.3) is 0 Å². The Kier molecular flexibility index (Phi) is 6.06. The first kappa shape index (κ1) is 16.3. The van der Waals surface area contributed by atoms with Gasteiger partial charge in [0.05, 0.1) is 6.61 Å². The van der Waals surface area contributed by atoms with Crippen LogP contribution in [-0.2, 0) is 4.74 Å². The molecule has 2 nitrogen and oxygen atoms in total. The molecule has 5 heteroatoms. The third-order valence-electron chi connectivity index (χ3n) is 3.94. The van der Waals surface area contributed by atoms with Crippen molar-refractivity contribution in [3.8, 4) is 0 Å². The lowest BCUT2D eigenvalue weighted by Gasteiger charge is -2.29. The number of ether oxygens (including phenoxy) is 1. The minimum atomic E-state index is -4.23. The molecule has 0 bridgehead atoms. The van der Waals surface area contributed by atoms with E-state index in [-0.39, 0.29) is 6.61 Å². The number of halogens is 3. The van der Waals surface area contributed by atoms with Gasteiger partial charge in [0.25, 0.3) is 0 Å². The molecule has 0 aliphatic heterocycles. The minimum Gasteiger partial charge on any atom is -0.371 e. The van der Waals surface area contributed by atoms with Crippen molar-refractivity contribution < 1.29 is 17.9 Å². The smallest absolute Gasteiger partial charge is 0.371 e. The number of benzene rings is 1. The summed E-state index contributed by atoms with van der Waals surface area (Å²) in [5.41, 5.74) is 1.39. The van der Waals surface area contributed by atoms with Gasteiger partial charge in [-0.05, 0) is 37.2 Å². The van der Waals surface area contributed by atoms with Gasteiger partial charge < -0.3 is 10.1 Å². The van der Waals surface area contributed by atoms with E-state index in [1.807, 2.05) is 6.07 Å². The van der Waals surface area contributed by atoms with Crippen molar-refractivity contribution in [2.75, 3.05) is 19.8 Å². The normalized spacial score (nSPS) is 23.2. The quantitative estimate of drug-likeness (QED) is 0.805. The second kappa shape index (κ2) is 7.80. The molecule has 0 saturated heterocycles. The Labute approximate surface area is 123 Å². The maximum absolute atomic E-state index is 11.9. The van der Waals surface area contributed by atoms with Gasteiger partial charge in [-0.2, -0.15) is 13.2 Å². The summed E-state index contributed by atoms with van der Waals surface area (Å²) in [6.07, 6.45) is 0.168. The number of hydrogen-bond donors (Lipinski definition) is 1. The molecule has 1 aromatic carbocycles. The maximum atomic E-state index is 11.9. The van der Waals surface area contributed by atoms with E-state index in [4.69, 9.17) is 0 Å². The average molecular weight is 301 g/mol. The van der Waals surface area contributed by atoms with Gasteiger partial charge in [0, 0.05) is 12.6 Å². The monoisotopic (exact) mass is 301 g/mol. The largest absolute Gasteiger partial charge is 0.411 e. The molecule has 1 fully saturated rings.